The van der Waals surface area contributed by atoms with Crippen molar-refractivity contribution >= 4 is 12.1 Å². The van der Waals surface area contributed by atoms with E-state index in [9.17, 15) is 22.8 Å². The number of carbonyl (C=O) groups excluding carboxylic acids is 1. The molecule has 1 aliphatic rings. The van der Waals surface area contributed by atoms with Crippen molar-refractivity contribution in [1.82, 2.24) is 4.90 Å². The predicted octanol–water partition coefficient (Wildman–Crippen LogP) is 2.28. The highest BCUT2D eigenvalue weighted by Crippen LogP contribution is 2.38. The van der Waals surface area contributed by atoms with Gasteiger partial charge in [0.05, 0.1) is 11.6 Å². The van der Waals surface area contributed by atoms with E-state index in [0.717, 1.165) is 11.0 Å². The third-order valence-corrected chi connectivity index (χ3v) is 2.91. The van der Waals surface area contributed by atoms with Crippen LogP contribution in [0.15, 0.2) is 24.3 Å². The number of nitrogens with zero attached hydrogens (tertiary/aromatic N) is 1. The molecular weight excluding hydrogens is 279 g/mol. The van der Waals surface area contributed by atoms with E-state index < -0.39 is 36.4 Å². The fourth-order valence-electron chi connectivity index (χ4n) is 2.07. The Labute approximate surface area is 111 Å². The van der Waals surface area contributed by atoms with E-state index in [1.54, 1.807) is 0 Å². The monoisotopic (exact) mass is 289 g/mol. The molecule has 1 aliphatic heterocycles. The Hall–Kier alpha value is -2.25. The summed E-state index contributed by atoms with van der Waals surface area (Å²) in [7, 11) is 0. The minimum atomic E-state index is -4.59. The maximum absolute atomic E-state index is 12.9. The molecule has 0 saturated carbocycles. The van der Waals surface area contributed by atoms with E-state index in [1.165, 1.54) is 18.2 Å². The number of benzene rings is 1. The molecule has 1 aromatic carbocycles. The smallest absolute Gasteiger partial charge is 0.416 e. The zero-order chi connectivity index (χ0) is 14.9. The van der Waals surface area contributed by atoms with E-state index >= 15 is 0 Å². The van der Waals surface area contributed by atoms with Gasteiger partial charge in [-0.3, -0.25) is 9.69 Å². The minimum absolute atomic E-state index is 0.174. The standard InChI is InChI=1S/C12H10F3NO4/c13-12(14,15)8-4-2-1-3-7(8)9-6-20-11(19)16(9)5-10(17)18/h1-4,9H,5-6H2,(H,17,18). The van der Waals surface area contributed by atoms with Crippen molar-refractivity contribution in [2.75, 3.05) is 13.2 Å². The zero-order valence-electron chi connectivity index (χ0n) is 10.1. The van der Waals surface area contributed by atoms with Gasteiger partial charge < -0.3 is 9.84 Å². The van der Waals surface area contributed by atoms with Crippen molar-refractivity contribution in [3.8, 4) is 0 Å². The number of halogens is 3. The average molecular weight is 289 g/mol. The van der Waals surface area contributed by atoms with Crippen LogP contribution in [0.25, 0.3) is 0 Å². The van der Waals surface area contributed by atoms with Crippen LogP contribution in [-0.2, 0) is 15.7 Å². The molecule has 20 heavy (non-hydrogen) atoms. The number of hydrogen-bond donors (Lipinski definition) is 1. The van der Waals surface area contributed by atoms with Gasteiger partial charge in [0.25, 0.3) is 0 Å². The fourth-order valence-corrected chi connectivity index (χ4v) is 2.07. The maximum Gasteiger partial charge on any atom is 0.416 e. The fraction of sp³-hybridized carbons (Fsp3) is 0.333. The Morgan fingerprint density at radius 2 is 2.05 bits per heavy atom. The van der Waals surface area contributed by atoms with Gasteiger partial charge in [0.1, 0.15) is 13.2 Å². The number of cyclic esters (lactones) is 1. The molecule has 0 spiro atoms. The second-order valence-electron chi connectivity index (χ2n) is 4.20. The van der Waals surface area contributed by atoms with Crippen molar-refractivity contribution in [3.63, 3.8) is 0 Å². The largest absolute Gasteiger partial charge is 0.480 e. The first-order chi connectivity index (χ1) is 9.30. The Morgan fingerprint density at radius 3 is 2.65 bits per heavy atom. The number of ether oxygens (including phenoxy) is 1. The molecule has 2 rings (SSSR count). The lowest BCUT2D eigenvalue weighted by molar-refractivity contribution is -0.138. The third-order valence-electron chi connectivity index (χ3n) is 2.91. The summed E-state index contributed by atoms with van der Waals surface area (Å²) >= 11 is 0. The number of alkyl halides is 3. The number of amides is 1. The lowest BCUT2D eigenvalue weighted by atomic mass is 10.00. The SMILES string of the molecule is O=C(O)CN1C(=O)OCC1c1ccccc1C(F)(F)F. The Morgan fingerprint density at radius 1 is 1.40 bits per heavy atom. The lowest BCUT2D eigenvalue weighted by Gasteiger charge is -2.22. The summed E-state index contributed by atoms with van der Waals surface area (Å²) in [5.41, 5.74) is -1.08. The number of aliphatic carboxylic acids is 1. The molecule has 1 N–H and O–H groups in total. The molecule has 1 fully saturated rings. The molecule has 1 saturated heterocycles. The van der Waals surface area contributed by atoms with Gasteiger partial charge in [-0.15, -0.1) is 0 Å². The third kappa shape index (κ3) is 2.68. The number of carboxylic acids is 1. The van der Waals surface area contributed by atoms with Gasteiger partial charge in [0.2, 0.25) is 0 Å². The van der Waals surface area contributed by atoms with E-state index in [4.69, 9.17) is 5.11 Å². The van der Waals surface area contributed by atoms with Gasteiger partial charge >= 0.3 is 18.2 Å². The summed E-state index contributed by atoms with van der Waals surface area (Å²) in [6, 6.07) is 3.66. The molecule has 1 atom stereocenters. The number of carbonyl (C=O) groups is 2. The highest BCUT2D eigenvalue weighted by Gasteiger charge is 2.41. The second-order valence-corrected chi connectivity index (χ2v) is 4.20. The van der Waals surface area contributed by atoms with Gasteiger partial charge in [0, 0.05) is 0 Å². The van der Waals surface area contributed by atoms with Crippen LogP contribution in [0.1, 0.15) is 17.2 Å². The number of rotatable bonds is 3. The van der Waals surface area contributed by atoms with E-state index in [2.05, 4.69) is 4.74 Å². The van der Waals surface area contributed by atoms with Crippen LogP contribution in [-0.4, -0.2) is 35.2 Å². The first-order valence-corrected chi connectivity index (χ1v) is 5.62. The van der Waals surface area contributed by atoms with Crippen molar-refractivity contribution in [1.29, 1.82) is 0 Å². The Kier molecular flexibility index (Phi) is 3.56. The van der Waals surface area contributed by atoms with Crippen LogP contribution in [0.4, 0.5) is 18.0 Å². The summed E-state index contributed by atoms with van der Waals surface area (Å²) in [4.78, 5) is 22.9. The molecule has 108 valence electrons. The van der Waals surface area contributed by atoms with Crippen molar-refractivity contribution in [2.45, 2.75) is 12.2 Å². The van der Waals surface area contributed by atoms with E-state index in [-0.39, 0.29) is 12.2 Å². The molecule has 0 aliphatic carbocycles. The quantitative estimate of drug-likeness (QED) is 0.927. The van der Waals surface area contributed by atoms with Gasteiger partial charge in [-0.25, -0.2) is 4.79 Å². The van der Waals surface area contributed by atoms with Crippen molar-refractivity contribution in [2.24, 2.45) is 0 Å². The molecule has 0 bridgehead atoms. The minimum Gasteiger partial charge on any atom is -0.480 e. The van der Waals surface area contributed by atoms with Crippen LogP contribution in [0.3, 0.4) is 0 Å². The van der Waals surface area contributed by atoms with Crippen LogP contribution < -0.4 is 0 Å². The van der Waals surface area contributed by atoms with Gasteiger partial charge in [0.15, 0.2) is 0 Å². The maximum atomic E-state index is 12.9. The van der Waals surface area contributed by atoms with Crippen molar-refractivity contribution < 1.29 is 32.6 Å². The predicted molar refractivity (Wildman–Crippen MR) is 59.9 cm³/mol. The molecule has 0 radical (unpaired) electrons. The summed E-state index contributed by atoms with van der Waals surface area (Å²) in [6.07, 6.45) is -5.52. The second kappa shape index (κ2) is 5.03. The normalized spacial score (nSPS) is 19.1. The van der Waals surface area contributed by atoms with E-state index in [0.29, 0.717) is 0 Å². The molecule has 1 unspecified atom stereocenters. The van der Waals surface area contributed by atoms with Gasteiger partial charge in [-0.05, 0) is 11.6 Å². The molecule has 5 nitrogen and oxygen atoms in total. The van der Waals surface area contributed by atoms with Crippen LogP contribution in [0, 0.1) is 0 Å². The first kappa shape index (κ1) is 14.2. The van der Waals surface area contributed by atoms with Crippen LogP contribution >= 0.6 is 0 Å². The Bertz CT molecular complexity index is 544. The highest BCUT2D eigenvalue weighted by molar-refractivity contribution is 5.78. The van der Waals surface area contributed by atoms with Crippen molar-refractivity contribution in [3.05, 3.63) is 35.4 Å². The van der Waals surface area contributed by atoms with Crippen LogP contribution in [0.2, 0.25) is 0 Å². The summed E-state index contributed by atoms with van der Waals surface area (Å²) in [5.74, 6) is -1.32. The molecule has 1 heterocycles. The first-order valence-electron chi connectivity index (χ1n) is 5.62. The zero-order valence-corrected chi connectivity index (χ0v) is 10.1. The molecule has 1 aromatic rings. The summed E-state index contributed by atoms with van der Waals surface area (Å²) in [5, 5.41) is 8.71. The molecule has 8 heteroatoms. The summed E-state index contributed by atoms with van der Waals surface area (Å²) < 4.78 is 43.4. The molecule has 1 amide bonds. The average Bonchev–Trinajstić information content (AvgIpc) is 2.69. The van der Waals surface area contributed by atoms with Gasteiger partial charge in [-0.2, -0.15) is 13.2 Å². The number of carboxylic acid groups (broad SMARTS) is 1. The molecular formula is C12H10F3NO4. The summed E-state index contributed by atoms with van der Waals surface area (Å²) in [6.45, 7) is -1.02. The topological polar surface area (TPSA) is 66.8 Å². The Balaban J connectivity index is 2.40. The van der Waals surface area contributed by atoms with Crippen LogP contribution in [0.5, 0.6) is 0 Å². The number of hydrogen-bond acceptors (Lipinski definition) is 3. The van der Waals surface area contributed by atoms with Gasteiger partial charge in [-0.1, -0.05) is 18.2 Å². The highest BCUT2D eigenvalue weighted by atomic mass is 19.4. The van der Waals surface area contributed by atoms with E-state index in [1.807, 2.05) is 0 Å². The lowest BCUT2D eigenvalue weighted by Crippen LogP contribution is -2.33. The molecule has 0 aromatic heterocycles.